The van der Waals surface area contributed by atoms with Crippen molar-refractivity contribution in [2.45, 2.75) is 0 Å². The van der Waals surface area contributed by atoms with Crippen LogP contribution in [0.3, 0.4) is 0 Å². The van der Waals surface area contributed by atoms with E-state index in [9.17, 15) is 0 Å². The Hall–Kier alpha value is -5.27. The molecule has 286 valence electrons. The van der Waals surface area contributed by atoms with Crippen molar-refractivity contribution >= 4 is 382 Å². The van der Waals surface area contributed by atoms with Crippen molar-refractivity contribution in [2.24, 2.45) is 0 Å². The minimum Gasteiger partial charge on any atom is -0.110 e. The maximum atomic E-state index is 7.56. The molecule has 23 heteroatoms. The van der Waals surface area contributed by atoms with Crippen molar-refractivity contribution in [3.8, 4) is 33.4 Å². The fourth-order valence-corrected chi connectivity index (χ4v) is 11.4. The molecular formula is C52H9B23. The topological polar surface area (TPSA) is 0 Å². The van der Waals surface area contributed by atoms with Gasteiger partial charge in [0.05, 0.1) is 0 Å². The van der Waals surface area contributed by atoms with Gasteiger partial charge in [0.25, 0.3) is 0 Å². The van der Waals surface area contributed by atoms with Gasteiger partial charge in [-0.15, -0.1) is 54.6 Å². The zero-order valence-electron chi connectivity index (χ0n) is 40.0. The predicted molar refractivity (Wildman–Crippen MR) is 349 cm³/mol. The Morgan fingerprint density at radius 2 is 0.427 bits per heavy atom. The summed E-state index contributed by atoms with van der Waals surface area (Å²) in [5, 5.41) is 4.83. The maximum absolute atomic E-state index is 7.56. The molecule has 0 saturated heterocycles. The van der Waals surface area contributed by atoms with Gasteiger partial charge in [-0.2, -0.15) is 0 Å². The van der Waals surface area contributed by atoms with Gasteiger partial charge < -0.3 is 0 Å². The van der Waals surface area contributed by atoms with Gasteiger partial charge in [-0.25, -0.2) is 0 Å². The van der Waals surface area contributed by atoms with Crippen LogP contribution in [0.1, 0.15) is 0 Å². The number of hydrogen-bond donors (Lipinski definition) is 0. The molecule has 0 aromatic heterocycles. The molecule has 0 atom stereocenters. The minimum absolute atomic E-state index is 0.00118. The van der Waals surface area contributed by atoms with Gasteiger partial charge in [-0.05, 0) is 115 Å². The molecule has 0 unspecified atom stereocenters. The second kappa shape index (κ2) is 17.9. The van der Waals surface area contributed by atoms with Crippen LogP contribution in [0.4, 0.5) is 0 Å². The third kappa shape index (κ3) is 6.76. The Bertz CT molecular complexity index is 4480. The van der Waals surface area contributed by atoms with Crippen LogP contribution in [-0.4, -0.2) is 180 Å². The molecule has 0 aliphatic heterocycles. The summed E-state index contributed by atoms with van der Waals surface area (Å²) in [5.41, 5.74) is -1.04. The van der Waals surface area contributed by atoms with E-state index >= 15 is 0 Å². The Labute approximate surface area is 466 Å². The standard InChI is InChI=1S/C52H9B23/c53-30-22(25-27(40(63)50(73)48(71)38(25)61)28-29(30)42(65)52(75)51(74)41(28)64)24-26-23(37(60)47(70)49(72)39(26)62)21(31(54)32(24)55)16-19-17(33(56)43(66)45(68)35(19)58)15(18-20(16)36(59)46(69)44(67)34(18)57)14-9-10-5-1-2-6-11(10)12-7-3-4-8-13(12)14/h1-9H. The van der Waals surface area contributed by atoms with E-state index in [1.165, 1.54) is 0 Å². The Morgan fingerprint density at radius 3 is 0.827 bits per heavy atom. The molecule has 46 radical (unpaired) electrons. The molecule has 11 rings (SSSR count). The van der Waals surface area contributed by atoms with Crippen LogP contribution in [0, 0.1) is 0 Å². The highest BCUT2D eigenvalue weighted by molar-refractivity contribution is 6.77. The van der Waals surface area contributed by atoms with Gasteiger partial charge in [0, 0.05) is 0 Å². The SMILES string of the molecule is [B]c1c([B])c([B])c2c(-c3c([B])c4c([B])c([B])c([B])c([B])c4c4c([B])c([B])c([B])c([B])c34)c([B])c([B])c(-c3c4c([B])c([B])c([B])c([B])c4c(-c4cc5ccccc5c5ccccc45)c4c([B])c([B])c([B])c([B])c34)c2c1[B]. The zero-order valence-corrected chi connectivity index (χ0v) is 40.0. The first-order valence-corrected chi connectivity index (χ1v) is 22.9. The smallest absolute Gasteiger partial charge is 0.110 e. The van der Waals surface area contributed by atoms with Crippen LogP contribution in [0.25, 0.3) is 109 Å². The summed E-state index contributed by atoms with van der Waals surface area (Å²) in [6.07, 6.45) is 0. The van der Waals surface area contributed by atoms with Gasteiger partial charge in [0.1, 0.15) is 180 Å². The molecule has 0 fully saturated rings. The summed E-state index contributed by atoms with van der Waals surface area (Å²) in [6, 6.07) is 17.7. The highest BCUT2D eigenvalue weighted by Crippen LogP contribution is 2.45. The molecule has 0 aliphatic rings. The van der Waals surface area contributed by atoms with Crippen molar-refractivity contribution in [1.29, 1.82) is 0 Å². The lowest BCUT2D eigenvalue weighted by Crippen LogP contribution is -2.52. The van der Waals surface area contributed by atoms with Crippen LogP contribution >= 0.6 is 0 Å². The molecule has 0 aliphatic carbocycles. The highest BCUT2D eigenvalue weighted by Gasteiger charge is 2.31. The molecule has 0 bridgehead atoms. The molecule has 0 spiro atoms. The zero-order chi connectivity index (χ0) is 54.2. The van der Waals surface area contributed by atoms with Gasteiger partial charge >= 0.3 is 0 Å². The monoisotopic (exact) mass is 886 g/mol. The van der Waals surface area contributed by atoms with E-state index in [2.05, 4.69) is 0 Å². The molecule has 0 heterocycles. The first-order chi connectivity index (χ1) is 35.4. The lowest BCUT2D eigenvalue weighted by molar-refractivity contribution is 1.75. The van der Waals surface area contributed by atoms with Gasteiger partial charge in [0.2, 0.25) is 0 Å². The predicted octanol–water partition coefficient (Wildman–Crippen LogP) is -13.0. The van der Waals surface area contributed by atoms with E-state index in [0.29, 0.717) is 11.1 Å². The van der Waals surface area contributed by atoms with Crippen LogP contribution in [0.5, 0.6) is 0 Å². The van der Waals surface area contributed by atoms with E-state index in [0.717, 1.165) is 21.5 Å². The average Bonchev–Trinajstić information content (AvgIpc) is 3.41. The van der Waals surface area contributed by atoms with E-state index in [1.54, 1.807) is 0 Å². The van der Waals surface area contributed by atoms with Crippen molar-refractivity contribution in [3.63, 3.8) is 0 Å². The minimum atomic E-state index is -0.209. The molecule has 0 nitrogen and oxygen atoms in total. The van der Waals surface area contributed by atoms with E-state index in [-0.39, 0.29) is 202 Å². The maximum Gasteiger partial charge on any atom is 0.115 e. The summed E-state index contributed by atoms with van der Waals surface area (Å²) in [5.74, 6) is 0. The average molecular weight is 882 g/mol. The van der Waals surface area contributed by atoms with Crippen LogP contribution in [-0.2, 0) is 0 Å². The quantitative estimate of drug-likeness (QED) is 0.0942. The Kier molecular flexibility index (Phi) is 12.4. The molecule has 11 aromatic carbocycles. The Balaban J connectivity index is 1.47. The molecular weight excluding hydrogens is 873 g/mol. The van der Waals surface area contributed by atoms with Crippen molar-refractivity contribution in [2.75, 3.05) is 0 Å². The fourth-order valence-electron chi connectivity index (χ4n) is 11.4. The molecule has 11 aromatic rings. The molecule has 0 N–H and O–H groups in total. The van der Waals surface area contributed by atoms with E-state index < -0.39 is 0 Å². The lowest BCUT2D eigenvalue weighted by Gasteiger charge is -2.33. The van der Waals surface area contributed by atoms with Crippen LogP contribution in [0.2, 0.25) is 0 Å². The third-order valence-corrected chi connectivity index (χ3v) is 15.2. The second-order valence-electron chi connectivity index (χ2n) is 18.8. The first-order valence-electron chi connectivity index (χ1n) is 22.9. The third-order valence-electron chi connectivity index (χ3n) is 15.2. The van der Waals surface area contributed by atoms with Gasteiger partial charge in [0.15, 0.2) is 0 Å². The van der Waals surface area contributed by atoms with E-state index in [1.807, 2.05) is 54.6 Å². The summed E-state index contributed by atoms with van der Waals surface area (Å²) >= 11 is 0. The highest BCUT2D eigenvalue weighted by atomic mass is 14.3. The summed E-state index contributed by atoms with van der Waals surface area (Å²) < 4.78 is 0. The summed E-state index contributed by atoms with van der Waals surface area (Å²) in [7, 11) is 160. The van der Waals surface area contributed by atoms with Gasteiger partial charge in [-0.3, -0.25) is 0 Å². The van der Waals surface area contributed by atoms with Crippen molar-refractivity contribution in [3.05, 3.63) is 54.6 Å². The number of fused-ring (bicyclic) bond motifs is 9. The van der Waals surface area contributed by atoms with Crippen LogP contribution < -0.4 is 126 Å². The van der Waals surface area contributed by atoms with Crippen molar-refractivity contribution < 1.29 is 0 Å². The van der Waals surface area contributed by atoms with E-state index in [4.69, 9.17) is 180 Å². The number of benzene rings is 11. The molecule has 0 amide bonds. The normalized spacial score (nSPS) is 11.9. The summed E-state index contributed by atoms with van der Waals surface area (Å²) in [6.45, 7) is 0. The van der Waals surface area contributed by atoms with Crippen molar-refractivity contribution in [1.82, 2.24) is 0 Å². The van der Waals surface area contributed by atoms with Gasteiger partial charge in [-0.1, -0.05) is 120 Å². The molecule has 0 saturated carbocycles. The number of rotatable bonds is 3. The summed E-state index contributed by atoms with van der Waals surface area (Å²) in [4.78, 5) is 0. The second-order valence-corrected chi connectivity index (χ2v) is 18.8. The van der Waals surface area contributed by atoms with Crippen LogP contribution in [0.15, 0.2) is 54.6 Å². The number of hydrogen-bond acceptors (Lipinski definition) is 0. The largest absolute Gasteiger partial charge is 0.115 e. The lowest BCUT2D eigenvalue weighted by atomic mass is 9.55. The Morgan fingerprint density at radius 1 is 0.173 bits per heavy atom. The first kappa shape index (κ1) is 51.8. The molecule has 75 heavy (non-hydrogen) atoms. The fraction of sp³-hybridized carbons (Fsp3) is 0.